The van der Waals surface area contributed by atoms with Crippen LogP contribution in [0, 0.1) is 6.92 Å². The van der Waals surface area contributed by atoms with Gasteiger partial charge in [-0.15, -0.1) is 11.8 Å². The zero-order chi connectivity index (χ0) is 25.9. The molecule has 0 unspecified atom stereocenters. The van der Waals surface area contributed by atoms with Crippen LogP contribution in [-0.2, 0) is 22.6 Å². The molecule has 0 aliphatic carbocycles. The largest absolute Gasteiger partial charge is 0.497 e. The van der Waals surface area contributed by atoms with Crippen LogP contribution in [0.2, 0.25) is 0 Å². The number of benzene rings is 3. The molecule has 3 aromatic rings. The van der Waals surface area contributed by atoms with Crippen LogP contribution in [0.25, 0.3) is 0 Å². The zero-order valence-corrected chi connectivity index (χ0v) is 22.4. The minimum Gasteiger partial charge on any atom is -0.497 e. The van der Waals surface area contributed by atoms with Gasteiger partial charge in [0.15, 0.2) is 0 Å². The normalized spacial score (nSPS) is 12.4. The number of carbonyl (C=O) groups excluding carboxylic acids is 2. The molecule has 0 heterocycles. The molecule has 0 aliphatic heterocycles. The fraction of sp³-hybridized carbons (Fsp3) is 0.333. The summed E-state index contributed by atoms with van der Waals surface area (Å²) in [6.45, 7) is 6.38. The maximum atomic E-state index is 13.7. The van der Waals surface area contributed by atoms with E-state index >= 15 is 0 Å². The molecule has 0 saturated heterocycles. The molecule has 190 valence electrons. The molecule has 6 heteroatoms. The Morgan fingerprint density at radius 3 is 2.33 bits per heavy atom. The predicted octanol–water partition coefficient (Wildman–Crippen LogP) is 5.65. The zero-order valence-electron chi connectivity index (χ0n) is 21.6. The summed E-state index contributed by atoms with van der Waals surface area (Å²) in [5, 5.41) is 3.11. The lowest BCUT2D eigenvalue weighted by molar-refractivity contribution is -0.139. The molecule has 2 amide bonds. The highest BCUT2D eigenvalue weighted by Gasteiger charge is 2.31. The maximum Gasteiger partial charge on any atom is 0.243 e. The lowest BCUT2D eigenvalue weighted by Gasteiger charge is -2.32. The van der Waals surface area contributed by atoms with Gasteiger partial charge in [-0.05, 0) is 55.7 Å². The van der Waals surface area contributed by atoms with Gasteiger partial charge in [0, 0.05) is 23.9 Å². The van der Waals surface area contributed by atoms with E-state index in [4.69, 9.17) is 4.74 Å². The highest BCUT2D eigenvalue weighted by Crippen LogP contribution is 2.23. The Balaban J connectivity index is 1.92. The second-order valence-corrected chi connectivity index (χ2v) is 10.0. The van der Waals surface area contributed by atoms with Crippen LogP contribution in [0.15, 0.2) is 83.8 Å². The van der Waals surface area contributed by atoms with Crippen LogP contribution in [0.1, 0.15) is 37.0 Å². The van der Waals surface area contributed by atoms with Crippen molar-refractivity contribution < 1.29 is 14.3 Å². The summed E-state index contributed by atoms with van der Waals surface area (Å²) in [6.07, 6.45) is 1.25. The average molecular weight is 505 g/mol. The first-order chi connectivity index (χ1) is 17.4. The number of methoxy groups -OCH3 is 1. The van der Waals surface area contributed by atoms with Gasteiger partial charge in [-0.1, -0.05) is 67.1 Å². The maximum absolute atomic E-state index is 13.7. The van der Waals surface area contributed by atoms with Gasteiger partial charge in [0.1, 0.15) is 11.8 Å². The first-order valence-corrected chi connectivity index (χ1v) is 13.3. The number of rotatable bonds is 12. The minimum atomic E-state index is -0.640. The van der Waals surface area contributed by atoms with E-state index in [1.807, 2.05) is 99.6 Å². The molecule has 0 spiro atoms. The summed E-state index contributed by atoms with van der Waals surface area (Å²) >= 11 is 1.49. The number of amides is 2. The molecule has 3 aromatic carbocycles. The van der Waals surface area contributed by atoms with Gasteiger partial charge in [-0.3, -0.25) is 9.59 Å². The smallest absolute Gasteiger partial charge is 0.243 e. The van der Waals surface area contributed by atoms with Crippen molar-refractivity contribution in [1.29, 1.82) is 0 Å². The molecule has 0 aromatic heterocycles. The number of hydrogen-bond donors (Lipinski definition) is 1. The van der Waals surface area contributed by atoms with E-state index in [1.54, 1.807) is 12.0 Å². The van der Waals surface area contributed by atoms with Crippen LogP contribution in [0.5, 0.6) is 5.75 Å². The Morgan fingerprint density at radius 1 is 0.972 bits per heavy atom. The van der Waals surface area contributed by atoms with Crippen LogP contribution >= 0.6 is 11.8 Å². The molecular formula is C30H36N2O3S. The van der Waals surface area contributed by atoms with E-state index in [0.717, 1.165) is 28.2 Å². The van der Waals surface area contributed by atoms with Crippen molar-refractivity contribution in [3.63, 3.8) is 0 Å². The summed E-state index contributed by atoms with van der Waals surface area (Å²) in [4.78, 5) is 30.0. The summed E-state index contributed by atoms with van der Waals surface area (Å²) in [6, 6.07) is 25.0. The number of carbonyl (C=O) groups is 2. The molecule has 1 N–H and O–H groups in total. The summed E-state index contributed by atoms with van der Waals surface area (Å²) in [5.74, 6) is 0.751. The molecule has 0 bridgehead atoms. The lowest BCUT2D eigenvalue weighted by Crippen LogP contribution is -2.52. The molecular weight excluding hydrogens is 468 g/mol. The van der Waals surface area contributed by atoms with E-state index in [9.17, 15) is 9.59 Å². The van der Waals surface area contributed by atoms with E-state index < -0.39 is 6.04 Å². The van der Waals surface area contributed by atoms with Crippen molar-refractivity contribution >= 4 is 23.6 Å². The van der Waals surface area contributed by atoms with Gasteiger partial charge >= 0.3 is 0 Å². The topological polar surface area (TPSA) is 58.6 Å². The van der Waals surface area contributed by atoms with E-state index in [1.165, 1.54) is 17.3 Å². The molecule has 5 nitrogen and oxygen atoms in total. The Kier molecular flexibility index (Phi) is 10.4. The van der Waals surface area contributed by atoms with Crippen molar-refractivity contribution in [1.82, 2.24) is 10.2 Å². The third-order valence-electron chi connectivity index (χ3n) is 6.14. The number of hydrogen-bond acceptors (Lipinski definition) is 4. The third-order valence-corrected chi connectivity index (χ3v) is 7.14. The molecule has 0 aliphatic rings. The van der Waals surface area contributed by atoms with Crippen molar-refractivity contribution in [2.75, 3.05) is 12.9 Å². The summed E-state index contributed by atoms with van der Waals surface area (Å²) < 4.78 is 5.40. The number of thioether (sulfide) groups is 1. The number of ether oxygens (including phenoxy) is 1. The van der Waals surface area contributed by atoms with Gasteiger partial charge in [0.05, 0.1) is 12.9 Å². The van der Waals surface area contributed by atoms with Crippen LogP contribution in [0.4, 0.5) is 0 Å². The highest BCUT2D eigenvalue weighted by atomic mass is 32.2. The molecule has 36 heavy (non-hydrogen) atoms. The van der Waals surface area contributed by atoms with Crippen LogP contribution < -0.4 is 10.1 Å². The highest BCUT2D eigenvalue weighted by molar-refractivity contribution is 8.00. The lowest BCUT2D eigenvalue weighted by atomic mass is 10.0. The van der Waals surface area contributed by atoms with Crippen molar-refractivity contribution in [2.45, 2.75) is 57.1 Å². The van der Waals surface area contributed by atoms with Gasteiger partial charge in [-0.2, -0.15) is 0 Å². The van der Waals surface area contributed by atoms with Crippen molar-refractivity contribution in [2.24, 2.45) is 0 Å². The second-order valence-electron chi connectivity index (χ2n) is 9.00. The van der Waals surface area contributed by atoms with Crippen molar-refractivity contribution in [3.8, 4) is 5.75 Å². The monoisotopic (exact) mass is 504 g/mol. The SMILES string of the molecule is CC[C@H](C)NC(=O)[C@@H](Cc1ccccc1)N(Cc1cccc(OC)c1)C(=O)CSc1ccc(C)cc1. The van der Waals surface area contributed by atoms with Gasteiger partial charge in [0.25, 0.3) is 0 Å². The fourth-order valence-electron chi connectivity index (χ4n) is 3.83. The van der Waals surface area contributed by atoms with E-state index in [2.05, 4.69) is 5.32 Å². The predicted molar refractivity (Wildman–Crippen MR) is 147 cm³/mol. The first kappa shape index (κ1) is 27.3. The number of nitrogens with zero attached hydrogens (tertiary/aromatic N) is 1. The Hall–Kier alpha value is -3.25. The summed E-state index contributed by atoms with van der Waals surface area (Å²) in [7, 11) is 1.62. The van der Waals surface area contributed by atoms with Gasteiger partial charge in [-0.25, -0.2) is 0 Å². The number of aryl methyl sites for hydroxylation is 1. The Labute approximate surface area is 219 Å². The first-order valence-electron chi connectivity index (χ1n) is 12.4. The molecule has 0 fully saturated rings. The summed E-state index contributed by atoms with van der Waals surface area (Å²) in [5.41, 5.74) is 3.10. The molecule has 0 radical (unpaired) electrons. The average Bonchev–Trinajstić information content (AvgIpc) is 2.90. The molecule has 0 saturated carbocycles. The number of nitrogens with one attached hydrogen (secondary N) is 1. The molecule has 3 rings (SSSR count). The molecule has 2 atom stereocenters. The van der Waals surface area contributed by atoms with Crippen LogP contribution in [-0.4, -0.2) is 41.7 Å². The van der Waals surface area contributed by atoms with Crippen LogP contribution in [0.3, 0.4) is 0 Å². The van der Waals surface area contributed by atoms with Gasteiger partial charge < -0.3 is 15.0 Å². The second kappa shape index (κ2) is 13.7. The third kappa shape index (κ3) is 8.16. The quantitative estimate of drug-likeness (QED) is 0.324. The minimum absolute atomic E-state index is 0.0199. The standard InChI is InChI=1S/C30H36N2O3S/c1-5-23(3)31-30(34)28(19-24-10-7-6-8-11-24)32(20-25-12-9-13-26(18-25)35-4)29(33)21-36-27-16-14-22(2)15-17-27/h6-18,23,28H,5,19-21H2,1-4H3,(H,31,34)/t23-,28+/m0/s1. The Morgan fingerprint density at radius 2 is 1.67 bits per heavy atom. The van der Waals surface area contributed by atoms with E-state index in [0.29, 0.717) is 13.0 Å². The van der Waals surface area contributed by atoms with Gasteiger partial charge in [0.2, 0.25) is 11.8 Å². The fourth-order valence-corrected chi connectivity index (χ4v) is 4.61. The van der Waals surface area contributed by atoms with E-state index in [-0.39, 0.29) is 23.6 Å². The Bertz CT molecular complexity index is 1120. The van der Waals surface area contributed by atoms with Crippen molar-refractivity contribution in [3.05, 3.63) is 95.6 Å².